The van der Waals surface area contributed by atoms with Gasteiger partial charge in [-0.1, -0.05) is 11.6 Å². The number of amides is 1. The molecule has 1 aromatic carbocycles. The molecule has 2 aliphatic carbocycles. The molecule has 1 amide bonds. The maximum Gasteiger partial charge on any atom is 0.228 e. The summed E-state index contributed by atoms with van der Waals surface area (Å²) in [6, 6.07) is 6.80. The average Bonchev–Trinajstić information content (AvgIpc) is 3.01. The Bertz CT molecular complexity index is 543. The highest BCUT2D eigenvalue weighted by atomic mass is 35.5. The molecule has 0 aliphatic heterocycles. The molecular formula is C15H15ClNO3-. The highest BCUT2D eigenvalue weighted by Crippen LogP contribution is 2.52. The molecule has 0 saturated heterocycles. The largest absolute Gasteiger partial charge is 0.550 e. The van der Waals surface area contributed by atoms with Gasteiger partial charge < -0.3 is 15.2 Å². The second-order valence-corrected chi connectivity index (χ2v) is 6.14. The van der Waals surface area contributed by atoms with Crippen molar-refractivity contribution in [3.8, 4) is 0 Å². The molecule has 2 saturated carbocycles. The van der Waals surface area contributed by atoms with Gasteiger partial charge >= 0.3 is 0 Å². The minimum Gasteiger partial charge on any atom is -0.550 e. The van der Waals surface area contributed by atoms with Crippen molar-refractivity contribution in [3.05, 3.63) is 29.3 Å². The lowest BCUT2D eigenvalue weighted by molar-refractivity contribution is -0.314. The van der Waals surface area contributed by atoms with Crippen molar-refractivity contribution in [2.45, 2.75) is 19.3 Å². The van der Waals surface area contributed by atoms with Crippen molar-refractivity contribution in [3.63, 3.8) is 0 Å². The number of nitrogens with one attached hydrogen (secondary N) is 1. The van der Waals surface area contributed by atoms with Crippen LogP contribution < -0.4 is 10.4 Å². The molecule has 3 rings (SSSR count). The quantitative estimate of drug-likeness (QED) is 0.922. The van der Waals surface area contributed by atoms with Crippen LogP contribution in [-0.4, -0.2) is 11.9 Å². The van der Waals surface area contributed by atoms with Crippen molar-refractivity contribution in [1.82, 2.24) is 0 Å². The Balaban J connectivity index is 1.76. The first kappa shape index (κ1) is 13.4. The van der Waals surface area contributed by atoms with Crippen LogP contribution in [0.4, 0.5) is 5.69 Å². The Morgan fingerprint density at radius 3 is 2.30 bits per heavy atom. The summed E-state index contributed by atoms with van der Waals surface area (Å²) < 4.78 is 0. The molecule has 20 heavy (non-hydrogen) atoms. The number of rotatable bonds is 3. The van der Waals surface area contributed by atoms with E-state index in [2.05, 4.69) is 5.32 Å². The Kier molecular flexibility index (Phi) is 3.42. The van der Waals surface area contributed by atoms with Crippen LogP contribution in [-0.2, 0) is 9.59 Å². The number of halogens is 1. The Morgan fingerprint density at radius 2 is 1.70 bits per heavy atom. The molecular weight excluding hydrogens is 278 g/mol. The van der Waals surface area contributed by atoms with Crippen LogP contribution in [0.15, 0.2) is 24.3 Å². The topological polar surface area (TPSA) is 69.2 Å². The molecule has 0 radical (unpaired) electrons. The normalized spacial score (nSPS) is 31.2. The van der Waals surface area contributed by atoms with Gasteiger partial charge in [-0.25, -0.2) is 0 Å². The van der Waals surface area contributed by atoms with Crippen molar-refractivity contribution >= 4 is 29.2 Å². The third-order valence-electron chi connectivity index (χ3n) is 4.60. The lowest BCUT2D eigenvalue weighted by Crippen LogP contribution is -2.43. The molecule has 0 aromatic heterocycles. The second-order valence-electron chi connectivity index (χ2n) is 5.70. The highest BCUT2D eigenvalue weighted by Gasteiger charge is 2.51. The van der Waals surface area contributed by atoms with E-state index in [0.29, 0.717) is 10.7 Å². The number of benzene rings is 1. The SMILES string of the molecule is O=C(Nc1ccc(Cl)cc1)[C@@H]1[C@H]2CC[C@@H](C2)[C@@H]1C(=O)[O-]. The summed E-state index contributed by atoms with van der Waals surface area (Å²) >= 11 is 5.79. The average molecular weight is 293 g/mol. The van der Waals surface area contributed by atoms with Gasteiger partial charge in [0, 0.05) is 28.5 Å². The van der Waals surface area contributed by atoms with Crippen molar-refractivity contribution in [2.24, 2.45) is 23.7 Å². The molecule has 1 N–H and O–H groups in total. The summed E-state index contributed by atoms with van der Waals surface area (Å²) in [5.41, 5.74) is 0.638. The van der Waals surface area contributed by atoms with Crippen LogP contribution in [0.1, 0.15) is 19.3 Å². The van der Waals surface area contributed by atoms with E-state index in [0.717, 1.165) is 19.3 Å². The molecule has 2 aliphatic rings. The molecule has 4 nitrogen and oxygen atoms in total. The van der Waals surface area contributed by atoms with E-state index < -0.39 is 17.8 Å². The number of aliphatic carboxylic acids is 1. The summed E-state index contributed by atoms with van der Waals surface area (Å²) in [6.45, 7) is 0. The molecule has 5 heteroatoms. The Labute approximate surface area is 122 Å². The first-order chi connectivity index (χ1) is 9.56. The molecule has 0 spiro atoms. The van der Waals surface area contributed by atoms with Gasteiger partial charge in [-0.15, -0.1) is 0 Å². The number of hydrogen-bond donors (Lipinski definition) is 1. The van der Waals surface area contributed by atoms with E-state index in [9.17, 15) is 14.7 Å². The third kappa shape index (κ3) is 2.29. The summed E-state index contributed by atoms with van der Waals surface area (Å²) in [7, 11) is 0. The zero-order valence-electron chi connectivity index (χ0n) is 10.8. The van der Waals surface area contributed by atoms with Gasteiger partial charge in [0.05, 0.1) is 0 Å². The second kappa shape index (κ2) is 5.09. The zero-order chi connectivity index (χ0) is 14.3. The lowest BCUT2D eigenvalue weighted by atomic mass is 9.78. The van der Waals surface area contributed by atoms with Crippen LogP contribution in [0.25, 0.3) is 0 Å². The summed E-state index contributed by atoms with van der Waals surface area (Å²) in [5.74, 6) is -2.13. The summed E-state index contributed by atoms with van der Waals surface area (Å²) in [4.78, 5) is 23.7. The predicted octanol–water partition coefficient (Wildman–Crippen LogP) is 1.69. The van der Waals surface area contributed by atoms with Crippen LogP contribution in [0, 0.1) is 23.7 Å². The minimum atomic E-state index is -1.09. The van der Waals surface area contributed by atoms with E-state index in [4.69, 9.17) is 11.6 Å². The summed E-state index contributed by atoms with van der Waals surface area (Å²) in [5, 5.41) is 14.7. The smallest absolute Gasteiger partial charge is 0.228 e. The number of carbonyl (C=O) groups excluding carboxylic acids is 2. The molecule has 1 aromatic rings. The van der Waals surface area contributed by atoms with Crippen LogP contribution in [0.3, 0.4) is 0 Å². The van der Waals surface area contributed by atoms with Gasteiger partial charge in [0.1, 0.15) is 0 Å². The van der Waals surface area contributed by atoms with E-state index in [1.165, 1.54) is 0 Å². The molecule has 0 heterocycles. The number of hydrogen-bond acceptors (Lipinski definition) is 3. The number of carboxylic acids is 1. The molecule has 2 fully saturated rings. The molecule has 2 bridgehead atoms. The standard InChI is InChI=1S/C15H16ClNO3/c16-10-3-5-11(6-4-10)17-14(18)12-8-1-2-9(7-8)13(12)15(19)20/h3-6,8-9,12-13H,1-2,7H2,(H,17,18)(H,19,20)/p-1/t8-,9-,12+,13-/m0/s1. The number of fused-ring (bicyclic) bond motifs is 2. The van der Waals surface area contributed by atoms with Crippen LogP contribution >= 0.6 is 11.6 Å². The lowest BCUT2D eigenvalue weighted by Gasteiger charge is -2.30. The zero-order valence-corrected chi connectivity index (χ0v) is 11.6. The van der Waals surface area contributed by atoms with Gasteiger partial charge in [0.25, 0.3) is 0 Å². The van der Waals surface area contributed by atoms with Crippen molar-refractivity contribution in [1.29, 1.82) is 0 Å². The molecule has 0 unspecified atom stereocenters. The number of carboxylic acid groups (broad SMARTS) is 1. The van der Waals surface area contributed by atoms with E-state index in [-0.39, 0.29) is 17.7 Å². The monoisotopic (exact) mass is 292 g/mol. The van der Waals surface area contributed by atoms with E-state index >= 15 is 0 Å². The van der Waals surface area contributed by atoms with E-state index in [1.807, 2.05) is 0 Å². The fraction of sp³-hybridized carbons (Fsp3) is 0.467. The highest BCUT2D eigenvalue weighted by molar-refractivity contribution is 6.30. The van der Waals surface area contributed by atoms with Gasteiger partial charge in [-0.3, -0.25) is 4.79 Å². The fourth-order valence-corrected chi connectivity index (χ4v) is 3.89. The predicted molar refractivity (Wildman–Crippen MR) is 72.9 cm³/mol. The first-order valence-corrected chi connectivity index (χ1v) is 7.21. The third-order valence-corrected chi connectivity index (χ3v) is 4.86. The minimum absolute atomic E-state index is 0.103. The first-order valence-electron chi connectivity index (χ1n) is 6.83. The number of anilines is 1. The van der Waals surface area contributed by atoms with Gasteiger partial charge in [-0.2, -0.15) is 0 Å². The molecule has 106 valence electrons. The van der Waals surface area contributed by atoms with E-state index in [1.54, 1.807) is 24.3 Å². The maximum atomic E-state index is 12.4. The van der Waals surface area contributed by atoms with Gasteiger partial charge in [-0.05, 0) is 55.4 Å². The van der Waals surface area contributed by atoms with Crippen LogP contribution in [0.5, 0.6) is 0 Å². The molecule has 4 atom stereocenters. The summed E-state index contributed by atoms with van der Waals surface area (Å²) in [6.07, 6.45) is 2.67. The van der Waals surface area contributed by atoms with Gasteiger partial charge in [0.15, 0.2) is 0 Å². The van der Waals surface area contributed by atoms with Crippen molar-refractivity contribution in [2.75, 3.05) is 5.32 Å². The van der Waals surface area contributed by atoms with Gasteiger partial charge in [0.2, 0.25) is 5.91 Å². The number of carbonyl (C=O) groups is 2. The maximum absolute atomic E-state index is 12.4. The Hall–Kier alpha value is -1.55. The Morgan fingerprint density at radius 1 is 1.10 bits per heavy atom. The fourth-order valence-electron chi connectivity index (χ4n) is 3.77. The van der Waals surface area contributed by atoms with Crippen LogP contribution in [0.2, 0.25) is 5.02 Å². The van der Waals surface area contributed by atoms with Crippen molar-refractivity contribution < 1.29 is 14.7 Å².